The number of carbonyl (C=O) groups excluding carboxylic acids is 1. The highest BCUT2D eigenvalue weighted by atomic mass is 32.1. The summed E-state index contributed by atoms with van der Waals surface area (Å²) in [7, 11) is 0. The van der Waals surface area contributed by atoms with Gasteiger partial charge in [0.05, 0.1) is 5.39 Å². The second kappa shape index (κ2) is 7.26. The number of amides is 1. The van der Waals surface area contributed by atoms with Crippen molar-refractivity contribution < 1.29 is 4.79 Å². The van der Waals surface area contributed by atoms with Crippen LogP contribution in [0.25, 0.3) is 10.2 Å². The van der Waals surface area contributed by atoms with Gasteiger partial charge in [-0.2, -0.15) is 5.10 Å². The van der Waals surface area contributed by atoms with Crippen molar-refractivity contribution in [3.8, 4) is 0 Å². The zero-order chi connectivity index (χ0) is 19.0. The van der Waals surface area contributed by atoms with Gasteiger partial charge >= 0.3 is 0 Å². The molecule has 0 bridgehead atoms. The van der Waals surface area contributed by atoms with E-state index in [1.807, 2.05) is 28.8 Å². The molecule has 1 amide bonds. The van der Waals surface area contributed by atoms with Gasteiger partial charge in [0.2, 0.25) is 0 Å². The molecule has 1 fully saturated rings. The first-order chi connectivity index (χ1) is 13.0. The summed E-state index contributed by atoms with van der Waals surface area (Å²) in [4.78, 5) is 27.3. The van der Waals surface area contributed by atoms with Gasteiger partial charge in [0.25, 0.3) is 5.91 Å². The van der Waals surface area contributed by atoms with Crippen molar-refractivity contribution in [2.75, 3.05) is 31.1 Å². The van der Waals surface area contributed by atoms with Crippen LogP contribution >= 0.6 is 11.3 Å². The molecule has 0 N–H and O–H groups in total. The fourth-order valence-electron chi connectivity index (χ4n) is 3.42. The maximum atomic E-state index is 12.9. The van der Waals surface area contributed by atoms with Gasteiger partial charge in [0, 0.05) is 38.4 Å². The van der Waals surface area contributed by atoms with Crippen molar-refractivity contribution in [3.63, 3.8) is 0 Å². The number of fused-ring (bicyclic) bond motifs is 1. The molecule has 27 heavy (non-hydrogen) atoms. The van der Waals surface area contributed by atoms with E-state index in [-0.39, 0.29) is 11.9 Å². The summed E-state index contributed by atoms with van der Waals surface area (Å²) >= 11 is 1.64. The zero-order valence-corrected chi connectivity index (χ0v) is 16.7. The summed E-state index contributed by atoms with van der Waals surface area (Å²) in [6.45, 7) is 9.09. The van der Waals surface area contributed by atoms with E-state index in [0.29, 0.717) is 12.2 Å². The molecule has 1 aliphatic heterocycles. The van der Waals surface area contributed by atoms with Gasteiger partial charge in [0.15, 0.2) is 0 Å². The van der Waals surface area contributed by atoms with Crippen molar-refractivity contribution in [3.05, 3.63) is 35.2 Å². The maximum Gasteiger partial charge on any atom is 0.274 e. The Balaban J connectivity index is 1.51. The van der Waals surface area contributed by atoms with Crippen LogP contribution in [0.2, 0.25) is 0 Å². The molecule has 142 valence electrons. The number of hydrogen-bond donors (Lipinski definition) is 0. The summed E-state index contributed by atoms with van der Waals surface area (Å²) < 4.78 is 1.83. The van der Waals surface area contributed by atoms with E-state index in [4.69, 9.17) is 4.98 Å². The molecule has 0 radical (unpaired) electrons. The molecule has 0 atom stereocenters. The molecule has 4 rings (SSSR count). The van der Waals surface area contributed by atoms with Crippen LogP contribution in [0, 0.1) is 6.92 Å². The average molecular weight is 385 g/mol. The Hall–Kier alpha value is -2.48. The SMILES string of the molecule is Cc1nc(N2CCCN(C(=O)c3ccn(C(C)C)n3)CC2)c2ccsc2n1. The van der Waals surface area contributed by atoms with Crippen LogP contribution in [0.4, 0.5) is 5.82 Å². The fraction of sp³-hybridized carbons (Fsp3) is 0.474. The topological polar surface area (TPSA) is 67.2 Å². The largest absolute Gasteiger partial charge is 0.354 e. The molecular formula is C19H24N6OS. The summed E-state index contributed by atoms with van der Waals surface area (Å²) in [5.74, 6) is 1.78. The van der Waals surface area contributed by atoms with E-state index in [2.05, 4.69) is 40.3 Å². The normalized spacial score (nSPS) is 15.6. The second-order valence-corrected chi connectivity index (χ2v) is 8.04. The van der Waals surface area contributed by atoms with Gasteiger partial charge < -0.3 is 9.80 Å². The molecule has 7 nitrogen and oxygen atoms in total. The summed E-state index contributed by atoms with van der Waals surface area (Å²) in [5.41, 5.74) is 0.523. The quantitative estimate of drug-likeness (QED) is 0.694. The smallest absolute Gasteiger partial charge is 0.274 e. The Morgan fingerprint density at radius 1 is 1.15 bits per heavy atom. The minimum Gasteiger partial charge on any atom is -0.354 e. The summed E-state index contributed by atoms with van der Waals surface area (Å²) in [5, 5.41) is 7.59. The molecule has 1 aliphatic rings. The first kappa shape index (κ1) is 17.9. The lowest BCUT2D eigenvalue weighted by Crippen LogP contribution is -2.35. The number of aryl methyl sites for hydroxylation is 1. The van der Waals surface area contributed by atoms with Gasteiger partial charge in [-0.25, -0.2) is 9.97 Å². The minimum absolute atomic E-state index is 0.01000. The average Bonchev–Trinajstić information content (AvgIpc) is 3.25. The Morgan fingerprint density at radius 2 is 2.00 bits per heavy atom. The molecular weight excluding hydrogens is 360 g/mol. The van der Waals surface area contributed by atoms with E-state index < -0.39 is 0 Å². The molecule has 3 aromatic heterocycles. The lowest BCUT2D eigenvalue weighted by molar-refractivity contribution is 0.0760. The van der Waals surface area contributed by atoms with Gasteiger partial charge in [-0.05, 0) is 44.7 Å². The minimum atomic E-state index is 0.01000. The number of hydrogen-bond acceptors (Lipinski definition) is 6. The fourth-order valence-corrected chi connectivity index (χ4v) is 4.22. The zero-order valence-electron chi connectivity index (χ0n) is 15.9. The number of carbonyl (C=O) groups is 1. The maximum absolute atomic E-state index is 12.9. The van der Waals surface area contributed by atoms with Crippen molar-refractivity contribution in [1.82, 2.24) is 24.6 Å². The van der Waals surface area contributed by atoms with Crippen LogP contribution < -0.4 is 4.90 Å². The van der Waals surface area contributed by atoms with Gasteiger partial charge in [-0.1, -0.05) is 0 Å². The van der Waals surface area contributed by atoms with Crippen molar-refractivity contribution in [1.29, 1.82) is 0 Å². The molecule has 0 saturated carbocycles. The van der Waals surface area contributed by atoms with Crippen molar-refractivity contribution in [2.45, 2.75) is 33.2 Å². The Labute approximate surface area is 162 Å². The Bertz CT molecular complexity index is 962. The lowest BCUT2D eigenvalue weighted by atomic mass is 10.3. The highest BCUT2D eigenvalue weighted by Crippen LogP contribution is 2.28. The number of aromatic nitrogens is 4. The highest BCUT2D eigenvalue weighted by molar-refractivity contribution is 7.16. The molecule has 1 saturated heterocycles. The van der Waals surface area contributed by atoms with Crippen LogP contribution in [0.15, 0.2) is 23.7 Å². The third kappa shape index (κ3) is 3.53. The second-order valence-electron chi connectivity index (χ2n) is 7.14. The molecule has 0 unspecified atom stereocenters. The van der Waals surface area contributed by atoms with E-state index in [1.165, 1.54) is 0 Å². The Kier molecular flexibility index (Phi) is 4.82. The summed E-state index contributed by atoms with van der Waals surface area (Å²) in [6, 6.07) is 4.15. The first-order valence-corrected chi connectivity index (χ1v) is 10.2. The number of nitrogens with zero attached hydrogens (tertiary/aromatic N) is 6. The van der Waals surface area contributed by atoms with Gasteiger partial charge in [-0.15, -0.1) is 11.3 Å². The molecule has 3 aromatic rings. The van der Waals surface area contributed by atoms with Crippen LogP contribution in [0.1, 0.15) is 42.6 Å². The van der Waals surface area contributed by atoms with E-state index in [9.17, 15) is 4.79 Å². The van der Waals surface area contributed by atoms with Gasteiger partial charge in [0.1, 0.15) is 22.2 Å². The monoisotopic (exact) mass is 384 g/mol. The third-order valence-electron chi connectivity index (χ3n) is 4.86. The Morgan fingerprint density at radius 3 is 2.78 bits per heavy atom. The lowest BCUT2D eigenvalue weighted by Gasteiger charge is -2.23. The van der Waals surface area contributed by atoms with Crippen LogP contribution in [0.3, 0.4) is 0 Å². The molecule has 0 aromatic carbocycles. The molecule has 0 aliphatic carbocycles. The van der Waals surface area contributed by atoms with E-state index >= 15 is 0 Å². The van der Waals surface area contributed by atoms with E-state index in [1.54, 1.807) is 11.3 Å². The highest BCUT2D eigenvalue weighted by Gasteiger charge is 2.24. The predicted octanol–water partition coefficient (Wildman–Crippen LogP) is 3.13. The van der Waals surface area contributed by atoms with Crippen LogP contribution in [-0.2, 0) is 0 Å². The molecule has 4 heterocycles. The number of thiophene rings is 1. The predicted molar refractivity (Wildman–Crippen MR) is 107 cm³/mol. The number of anilines is 1. The molecule has 8 heteroatoms. The standard InChI is InChI=1S/C19H24N6OS/c1-13(2)25-9-5-16(22-25)19(26)24-8-4-7-23(10-11-24)17-15-6-12-27-18(15)21-14(3)20-17/h5-6,9,12-13H,4,7-8,10-11H2,1-3H3. The molecule has 0 spiro atoms. The van der Waals surface area contributed by atoms with Crippen LogP contribution in [-0.4, -0.2) is 56.7 Å². The summed E-state index contributed by atoms with van der Waals surface area (Å²) in [6.07, 6.45) is 2.78. The third-order valence-corrected chi connectivity index (χ3v) is 5.66. The number of rotatable bonds is 3. The first-order valence-electron chi connectivity index (χ1n) is 9.34. The van der Waals surface area contributed by atoms with E-state index in [0.717, 1.165) is 47.9 Å². The van der Waals surface area contributed by atoms with Gasteiger partial charge in [-0.3, -0.25) is 9.48 Å². The van der Waals surface area contributed by atoms with Crippen molar-refractivity contribution in [2.24, 2.45) is 0 Å². The van der Waals surface area contributed by atoms with Crippen LogP contribution in [0.5, 0.6) is 0 Å². The van der Waals surface area contributed by atoms with Crippen molar-refractivity contribution >= 4 is 33.3 Å².